The summed E-state index contributed by atoms with van der Waals surface area (Å²) >= 11 is 0. The Morgan fingerprint density at radius 1 is 1.30 bits per heavy atom. The molecule has 6 heteroatoms. The molecule has 0 spiro atoms. The highest BCUT2D eigenvalue weighted by Gasteiger charge is 2.25. The summed E-state index contributed by atoms with van der Waals surface area (Å²) < 4.78 is 7.22. The van der Waals surface area contributed by atoms with E-state index in [4.69, 9.17) is 10.2 Å². The summed E-state index contributed by atoms with van der Waals surface area (Å²) in [5.41, 5.74) is 6.59. The third kappa shape index (κ3) is 2.84. The van der Waals surface area contributed by atoms with E-state index in [0.717, 1.165) is 24.6 Å². The summed E-state index contributed by atoms with van der Waals surface area (Å²) in [4.78, 5) is 24.0. The van der Waals surface area contributed by atoms with Crippen molar-refractivity contribution in [3.8, 4) is 11.3 Å². The van der Waals surface area contributed by atoms with E-state index in [2.05, 4.69) is 12.0 Å². The molecule has 0 fully saturated rings. The van der Waals surface area contributed by atoms with E-state index < -0.39 is 5.91 Å². The summed E-state index contributed by atoms with van der Waals surface area (Å²) in [5, 5.41) is 5.24. The van der Waals surface area contributed by atoms with Gasteiger partial charge in [-0.15, -0.1) is 0 Å². The van der Waals surface area contributed by atoms with Crippen molar-refractivity contribution in [3.63, 3.8) is 0 Å². The highest BCUT2D eigenvalue weighted by molar-refractivity contribution is 5.93. The zero-order valence-electron chi connectivity index (χ0n) is 13.0. The molecule has 0 bridgehead atoms. The fraction of sp³-hybridized carbons (Fsp3) is 0.353. The molecule has 0 atom stereocenters. The van der Waals surface area contributed by atoms with Gasteiger partial charge in [0.05, 0.1) is 6.42 Å². The van der Waals surface area contributed by atoms with E-state index in [-0.39, 0.29) is 17.7 Å². The largest absolute Gasteiger partial charge is 0.460 e. The van der Waals surface area contributed by atoms with Gasteiger partial charge in [-0.2, -0.15) is 5.10 Å². The molecule has 0 saturated heterocycles. The zero-order valence-corrected chi connectivity index (χ0v) is 13.0. The van der Waals surface area contributed by atoms with Gasteiger partial charge in [0.1, 0.15) is 22.6 Å². The molecular weight excluding hydrogens is 294 g/mol. The summed E-state index contributed by atoms with van der Waals surface area (Å²) in [7, 11) is 0. The van der Waals surface area contributed by atoms with Crippen molar-refractivity contribution in [1.29, 1.82) is 0 Å². The monoisotopic (exact) mass is 313 g/mol. The molecule has 1 aromatic carbocycles. The maximum atomic E-state index is 12.7. The van der Waals surface area contributed by atoms with Gasteiger partial charge in [0.2, 0.25) is 5.91 Å². The van der Waals surface area contributed by atoms with E-state index in [0.29, 0.717) is 23.4 Å². The van der Waals surface area contributed by atoms with Crippen LogP contribution >= 0.6 is 0 Å². The van der Waals surface area contributed by atoms with Crippen LogP contribution in [0.3, 0.4) is 0 Å². The van der Waals surface area contributed by atoms with Crippen LogP contribution in [0.5, 0.6) is 0 Å². The average molecular weight is 313 g/mol. The first kappa shape index (κ1) is 15.3. The van der Waals surface area contributed by atoms with Crippen molar-refractivity contribution in [2.75, 3.05) is 0 Å². The van der Waals surface area contributed by atoms with Gasteiger partial charge in [-0.25, -0.2) is 4.68 Å². The van der Waals surface area contributed by atoms with E-state index in [1.54, 1.807) is 6.07 Å². The number of benzene rings is 1. The molecule has 2 N–H and O–H groups in total. The van der Waals surface area contributed by atoms with E-state index in [1.807, 2.05) is 18.2 Å². The predicted molar refractivity (Wildman–Crippen MR) is 87.3 cm³/mol. The number of aromatic nitrogens is 2. The maximum absolute atomic E-state index is 12.7. The Hall–Kier alpha value is -2.63. The van der Waals surface area contributed by atoms with Crippen molar-refractivity contribution in [2.24, 2.45) is 5.73 Å². The zero-order chi connectivity index (χ0) is 16.4. The number of nitrogens with two attached hydrogens (primary N) is 1. The molecule has 0 aliphatic carbocycles. The SMILES string of the molecule is CCCCCn1nc2c3ccccc3oc(CC(N)=O)c-2c1=O. The minimum Gasteiger partial charge on any atom is -0.460 e. The highest BCUT2D eigenvalue weighted by Crippen LogP contribution is 2.31. The van der Waals surface area contributed by atoms with Crippen molar-refractivity contribution >= 4 is 16.9 Å². The molecule has 0 radical (unpaired) electrons. The lowest BCUT2D eigenvalue weighted by molar-refractivity contribution is -0.117. The minimum atomic E-state index is -0.538. The molecule has 0 aromatic heterocycles. The van der Waals surface area contributed by atoms with Crippen LogP contribution in [0, 0.1) is 0 Å². The van der Waals surface area contributed by atoms with E-state index in [9.17, 15) is 9.59 Å². The average Bonchev–Trinajstić information content (AvgIpc) is 2.85. The second-order valence-corrected chi connectivity index (χ2v) is 5.62. The quantitative estimate of drug-likeness (QED) is 0.707. The van der Waals surface area contributed by atoms with Gasteiger partial charge in [0, 0.05) is 11.9 Å². The second kappa shape index (κ2) is 6.24. The lowest BCUT2D eigenvalue weighted by Gasteiger charge is -2.06. The normalized spacial score (nSPS) is 11.3. The topological polar surface area (TPSA) is 91.1 Å². The van der Waals surface area contributed by atoms with Crippen LogP contribution in [0.15, 0.2) is 33.5 Å². The number of hydrogen-bond acceptors (Lipinski definition) is 4. The van der Waals surface area contributed by atoms with Crippen LogP contribution in [0.25, 0.3) is 22.2 Å². The van der Waals surface area contributed by atoms with Crippen LogP contribution in [0.1, 0.15) is 31.9 Å². The molecule has 2 heterocycles. The fourth-order valence-corrected chi connectivity index (χ4v) is 2.77. The molecule has 2 aliphatic rings. The smallest absolute Gasteiger partial charge is 0.279 e. The Balaban J connectivity index is 2.20. The number of rotatable bonds is 6. The number of hydrogen-bond donors (Lipinski definition) is 1. The Morgan fingerprint density at radius 3 is 2.83 bits per heavy atom. The summed E-state index contributed by atoms with van der Waals surface area (Å²) in [6.07, 6.45) is 2.88. The fourth-order valence-electron chi connectivity index (χ4n) is 2.77. The number of para-hydroxylation sites is 1. The molecule has 3 rings (SSSR count). The van der Waals surface area contributed by atoms with Gasteiger partial charge in [-0.1, -0.05) is 31.9 Å². The van der Waals surface area contributed by atoms with E-state index >= 15 is 0 Å². The second-order valence-electron chi connectivity index (χ2n) is 5.62. The third-order valence-electron chi connectivity index (χ3n) is 3.87. The van der Waals surface area contributed by atoms with Crippen LogP contribution in [0.2, 0.25) is 0 Å². The lowest BCUT2D eigenvalue weighted by Crippen LogP contribution is -2.19. The number of carbonyl (C=O) groups is 1. The number of unbranched alkanes of at least 4 members (excludes halogenated alkanes) is 2. The van der Waals surface area contributed by atoms with Gasteiger partial charge in [-0.05, 0) is 18.6 Å². The molecule has 120 valence electrons. The van der Waals surface area contributed by atoms with Gasteiger partial charge in [0.15, 0.2) is 0 Å². The number of fused-ring (bicyclic) bond motifs is 3. The van der Waals surface area contributed by atoms with Gasteiger partial charge < -0.3 is 10.2 Å². The van der Waals surface area contributed by atoms with Crippen LogP contribution in [0.4, 0.5) is 0 Å². The highest BCUT2D eigenvalue weighted by atomic mass is 16.3. The summed E-state index contributed by atoms with van der Waals surface area (Å²) in [5.74, 6) is -0.249. The maximum Gasteiger partial charge on any atom is 0.279 e. The van der Waals surface area contributed by atoms with Crippen molar-refractivity contribution in [3.05, 3.63) is 40.4 Å². The number of amides is 1. The molecule has 1 aromatic rings. The minimum absolute atomic E-state index is 0.114. The third-order valence-corrected chi connectivity index (χ3v) is 3.87. The first-order valence-electron chi connectivity index (χ1n) is 7.81. The lowest BCUT2D eigenvalue weighted by atomic mass is 10.1. The molecule has 2 aliphatic heterocycles. The van der Waals surface area contributed by atoms with Crippen molar-refractivity contribution < 1.29 is 9.21 Å². The van der Waals surface area contributed by atoms with Crippen LogP contribution in [-0.4, -0.2) is 15.7 Å². The standard InChI is InChI=1S/C17H19N3O3/c1-2-3-6-9-20-17(22)15-13(10-14(18)21)23-12-8-5-4-7-11(12)16(15)19-20/h4-5,7-8H,2-3,6,9-10H2,1H3,(H2,18,21). The Morgan fingerprint density at radius 2 is 2.09 bits per heavy atom. The number of nitrogens with zero attached hydrogens (tertiary/aromatic N) is 2. The summed E-state index contributed by atoms with van der Waals surface area (Å²) in [6.45, 7) is 2.67. The molecule has 6 nitrogen and oxygen atoms in total. The first-order valence-corrected chi connectivity index (χ1v) is 7.81. The van der Waals surface area contributed by atoms with E-state index in [1.165, 1.54) is 4.68 Å². The Kier molecular flexibility index (Phi) is 4.14. The molecule has 0 unspecified atom stereocenters. The van der Waals surface area contributed by atoms with Gasteiger partial charge in [0.25, 0.3) is 5.56 Å². The number of aryl methyl sites for hydroxylation is 1. The number of primary amides is 1. The summed E-state index contributed by atoms with van der Waals surface area (Å²) in [6, 6.07) is 7.35. The van der Waals surface area contributed by atoms with Gasteiger partial charge >= 0.3 is 0 Å². The first-order chi connectivity index (χ1) is 11.1. The molecule has 1 amide bonds. The Labute approximate surface area is 133 Å². The molecular formula is C17H19N3O3. The van der Waals surface area contributed by atoms with Crippen LogP contribution in [-0.2, 0) is 17.8 Å². The molecule has 23 heavy (non-hydrogen) atoms. The predicted octanol–water partition coefficient (Wildman–Crippen LogP) is 2.31. The van der Waals surface area contributed by atoms with Crippen molar-refractivity contribution in [1.82, 2.24) is 9.78 Å². The van der Waals surface area contributed by atoms with Gasteiger partial charge in [-0.3, -0.25) is 9.59 Å². The molecule has 0 saturated carbocycles. The van der Waals surface area contributed by atoms with Crippen molar-refractivity contribution in [2.45, 2.75) is 39.2 Å². The van der Waals surface area contributed by atoms with Crippen LogP contribution < -0.4 is 11.3 Å². The Bertz CT molecular complexity index is 879. The number of carbonyl (C=O) groups excluding carboxylic acids is 1.